The third-order valence-electron chi connectivity index (χ3n) is 6.28. The van der Waals surface area contributed by atoms with E-state index in [0.717, 1.165) is 36.0 Å². The second kappa shape index (κ2) is 7.14. The Kier molecular flexibility index (Phi) is 5.34. The fourth-order valence-corrected chi connectivity index (χ4v) is 3.49. The minimum Gasteiger partial charge on any atom is -0.492 e. The molecule has 0 N–H and O–H groups in total. The highest BCUT2D eigenvalue weighted by molar-refractivity contribution is 6.62. The predicted octanol–water partition coefficient (Wildman–Crippen LogP) is 3.41. The van der Waals surface area contributed by atoms with E-state index in [-0.39, 0.29) is 24.3 Å². The van der Waals surface area contributed by atoms with Crippen LogP contribution in [0.5, 0.6) is 5.75 Å². The summed E-state index contributed by atoms with van der Waals surface area (Å²) < 4.78 is 23.5. The summed E-state index contributed by atoms with van der Waals surface area (Å²) in [5.41, 5.74) is 0.842. The SMILES string of the molecule is CCOC(=O)C1(COc2ccc(B3OC(C)(C)C(C)(C)O3)c(C)c2)CCC1. The molecule has 1 saturated heterocycles. The number of ether oxygens (including phenoxy) is 2. The second-order valence-corrected chi connectivity index (χ2v) is 8.75. The maximum absolute atomic E-state index is 12.3. The summed E-state index contributed by atoms with van der Waals surface area (Å²) in [5, 5.41) is 0. The summed E-state index contributed by atoms with van der Waals surface area (Å²) in [6, 6.07) is 5.90. The first-order chi connectivity index (χ1) is 12.6. The Labute approximate surface area is 162 Å². The second-order valence-electron chi connectivity index (χ2n) is 8.75. The Morgan fingerprint density at radius 1 is 1.15 bits per heavy atom. The zero-order valence-electron chi connectivity index (χ0n) is 17.4. The maximum atomic E-state index is 12.3. The summed E-state index contributed by atoms with van der Waals surface area (Å²) in [5.74, 6) is 0.616. The van der Waals surface area contributed by atoms with Crippen LogP contribution in [-0.4, -0.2) is 37.5 Å². The summed E-state index contributed by atoms with van der Waals surface area (Å²) >= 11 is 0. The smallest absolute Gasteiger partial charge is 0.492 e. The maximum Gasteiger partial charge on any atom is 0.495 e. The number of carbonyl (C=O) groups is 1. The quantitative estimate of drug-likeness (QED) is 0.564. The molecule has 5 nitrogen and oxygen atoms in total. The average Bonchev–Trinajstić information content (AvgIpc) is 2.74. The molecule has 2 fully saturated rings. The van der Waals surface area contributed by atoms with Crippen molar-refractivity contribution < 1.29 is 23.6 Å². The van der Waals surface area contributed by atoms with Gasteiger partial charge in [0.15, 0.2) is 0 Å². The summed E-state index contributed by atoms with van der Waals surface area (Å²) in [6.45, 7) is 12.8. The Bertz CT molecular complexity index is 693. The molecule has 148 valence electrons. The van der Waals surface area contributed by atoms with Gasteiger partial charge in [-0.05, 0) is 77.5 Å². The van der Waals surface area contributed by atoms with Crippen LogP contribution >= 0.6 is 0 Å². The molecule has 1 aromatic rings. The van der Waals surface area contributed by atoms with E-state index in [9.17, 15) is 4.79 Å². The van der Waals surface area contributed by atoms with Crippen LogP contribution < -0.4 is 10.2 Å². The van der Waals surface area contributed by atoms with E-state index in [1.54, 1.807) is 0 Å². The van der Waals surface area contributed by atoms with Crippen LogP contribution in [0.3, 0.4) is 0 Å². The molecule has 1 saturated carbocycles. The number of hydrogen-bond donors (Lipinski definition) is 0. The lowest BCUT2D eigenvalue weighted by molar-refractivity contribution is -0.163. The van der Waals surface area contributed by atoms with Crippen LogP contribution in [-0.2, 0) is 18.8 Å². The van der Waals surface area contributed by atoms with E-state index >= 15 is 0 Å². The van der Waals surface area contributed by atoms with Crippen molar-refractivity contribution in [3.05, 3.63) is 23.8 Å². The molecule has 0 unspecified atom stereocenters. The van der Waals surface area contributed by atoms with Crippen molar-refractivity contribution in [1.82, 2.24) is 0 Å². The van der Waals surface area contributed by atoms with E-state index in [1.807, 2.05) is 59.7 Å². The van der Waals surface area contributed by atoms with Crippen LogP contribution in [0.4, 0.5) is 0 Å². The topological polar surface area (TPSA) is 54.0 Å². The van der Waals surface area contributed by atoms with Crippen molar-refractivity contribution >= 4 is 18.6 Å². The molecule has 1 aromatic carbocycles. The molecule has 0 aromatic heterocycles. The van der Waals surface area contributed by atoms with E-state index in [4.69, 9.17) is 18.8 Å². The molecule has 1 aliphatic heterocycles. The van der Waals surface area contributed by atoms with Gasteiger partial charge in [0.2, 0.25) is 0 Å². The number of benzene rings is 1. The van der Waals surface area contributed by atoms with Gasteiger partial charge in [0, 0.05) is 0 Å². The highest BCUT2D eigenvalue weighted by atomic mass is 16.7. The summed E-state index contributed by atoms with van der Waals surface area (Å²) in [7, 11) is -0.387. The van der Waals surface area contributed by atoms with E-state index in [0.29, 0.717) is 13.2 Å². The molecular weight excluding hydrogens is 343 g/mol. The fourth-order valence-electron chi connectivity index (χ4n) is 3.49. The number of aryl methyl sites for hydroxylation is 1. The van der Waals surface area contributed by atoms with E-state index < -0.39 is 5.41 Å². The molecule has 0 atom stereocenters. The summed E-state index contributed by atoms with van der Waals surface area (Å²) in [4.78, 5) is 12.3. The highest BCUT2D eigenvalue weighted by Gasteiger charge is 2.52. The van der Waals surface area contributed by atoms with Crippen LogP contribution in [0, 0.1) is 12.3 Å². The Morgan fingerprint density at radius 2 is 1.78 bits per heavy atom. The van der Waals surface area contributed by atoms with Gasteiger partial charge in [0.25, 0.3) is 0 Å². The average molecular weight is 374 g/mol. The molecule has 1 heterocycles. The molecule has 3 rings (SSSR count). The Morgan fingerprint density at radius 3 is 2.26 bits per heavy atom. The highest BCUT2D eigenvalue weighted by Crippen LogP contribution is 2.42. The van der Waals surface area contributed by atoms with E-state index in [2.05, 4.69) is 0 Å². The lowest BCUT2D eigenvalue weighted by atomic mass is 9.69. The molecule has 0 amide bonds. The van der Waals surface area contributed by atoms with Gasteiger partial charge in [-0.25, -0.2) is 0 Å². The van der Waals surface area contributed by atoms with Crippen LogP contribution in [0.2, 0.25) is 0 Å². The molecule has 0 spiro atoms. The zero-order chi connectivity index (χ0) is 19.9. The minimum atomic E-state index is -0.478. The van der Waals surface area contributed by atoms with Crippen molar-refractivity contribution in [1.29, 1.82) is 0 Å². The molecule has 27 heavy (non-hydrogen) atoms. The molecule has 0 radical (unpaired) electrons. The Balaban J connectivity index is 1.68. The standard InChI is InChI=1S/C21H31BO5/c1-7-24-18(23)21(11-8-12-21)14-25-16-9-10-17(15(2)13-16)22-26-19(3,4)20(5,6)27-22/h9-10,13H,7-8,11-12,14H2,1-6H3. The first kappa shape index (κ1) is 20.2. The monoisotopic (exact) mass is 374 g/mol. The molecule has 2 aliphatic rings. The van der Waals surface area contributed by atoms with Crippen molar-refractivity contribution in [2.24, 2.45) is 5.41 Å². The van der Waals surface area contributed by atoms with Gasteiger partial charge >= 0.3 is 13.1 Å². The van der Waals surface area contributed by atoms with Crippen LogP contribution in [0.15, 0.2) is 18.2 Å². The van der Waals surface area contributed by atoms with Gasteiger partial charge < -0.3 is 18.8 Å². The molecule has 0 bridgehead atoms. The van der Waals surface area contributed by atoms with Crippen molar-refractivity contribution in [2.45, 2.75) is 72.0 Å². The van der Waals surface area contributed by atoms with Crippen molar-refractivity contribution in [3.8, 4) is 5.75 Å². The Hall–Kier alpha value is -1.53. The molecular formula is C21H31BO5. The van der Waals surface area contributed by atoms with Crippen molar-refractivity contribution in [3.63, 3.8) is 0 Å². The van der Waals surface area contributed by atoms with Gasteiger partial charge in [-0.3, -0.25) is 4.79 Å². The first-order valence-corrected chi connectivity index (χ1v) is 9.86. The minimum absolute atomic E-state index is 0.137. The van der Waals surface area contributed by atoms with Gasteiger partial charge in [0.1, 0.15) is 17.8 Å². The lowest BCUT2D eigenvalue weighted by Gasteiger charge is -2.38. The van der Waals surface area contributed by atoms with E-state index in [1.165, 1.54) is 0 Å². The molecule has 6 heteroatoms. The van der Waals surface area contributed by atoms with Gasteiger partial charge in [-0.1, -0.05) is 12.5 Å². The van der Waals surface area contributed by atoms with Crippen molar-refractivity contribution in [2.75, 3.05) is 13.2 Å². The fraction of sp³-hybridized carbons (Fsp3) is 0.667. The third kappa shape index (κ3) is 3.74. The lowest BCUT2D eigenvalue weighted by Crippen LogP contribution is -2.44. The van der Waals surface area contributed by atoms with Gasteiger partial charge in [-0.15, -0.1) is 0 Å². The van der Waals surface area contributed by atoms with Crippen LogP contribution in [0.1, 0.15) is 59.4 Å². The number of hydrogen-bond acceptors (Lipinski definition) is 5. The summed E-state index contributed by atoms with van der Waals surface area (Å²) in [6.07, 6.45) is 2.70. The number of carbonyl (C=O) groups excluding carboxylic acids is 1. The third-order valence-corrected chi connectivity index (χ3v) is 6.28. The normalized spacial score (nSPS) is 22.2. The first-order valence-electron chi connectivity index (χ1n) is 9.86. The largest absolute Gasteiger partial charge is 0.495 e. The van der Waals surface area contributed by atoms with Crippen LogP contribution in [0.25, 0.3) is 0 Å². The number of esters is 1. The number of rotatable bonds is 6. The molecule has 1 aliphatic carbocycles. The zero-order valence-corrected chi connectivity index (χ0v) is 17.4. The van der Waals surface area contributed by atoms with Gasteiger partial charge in [-0.2, -0.15) is 0 Å². The predicted molar refractivity (Wildman–Crippen MR) is 105 cm³/mol. The van der Waals surface area contributed by atoms with Gasteiger partial charge in [0.05, 0.1) is 17.8 Å².